The standard InChI is InChI=1S/C17H23N3O3S/c1-13-3-7-15(8-4-13)19-17(21)12-20(2)24(22,23)16-9-5-14(11-18)6-10-16/h5-6,9-10,13,15H,3-4,7-8,12H2,1-2H3,(H,19,21). The SMILES string of the molecule is CC1CCC(NC(=O)CN(C)S(=O)(=O)c2ccc(C#N)cc2)CC1. The summed E-state index contributed by atoms with van der Waals surface area (Å²) in [5, 5.41) is 11.7. The van der Waals surface area contributed by atoms with Gasteiger partial charge in [-0.3, -0.25) is 4.79 Å². The van der Waals surface area contributed by atoms with E-state index in [1.165, 1.54) is 31.3 Å². The molecular weight excluding hydrogens is 326 g/mol. The van der Waals surface area contributed by atoms with Crippen molar-refractivity contribution in [3.8, 4) is 6.07 Å². The number of nitrogens with zero attached hydrogens (tertiary/aromatic N) is 2. The monoisotopic (exact) mass is 349 g/mol. The summed E-state index contributed by atoms with van der Waals surface area (Å²) in [7, 11) is -2.36. The minimum absolute atomic E-state index is 0.0725. The van der Waals surface area contributed by atoms with Crippen molar-refractivity contribution in [2.45, 2.75) is 43.5 Å². The van der Waals surface area contributed by atoms with Crippen LogP contribution in [-0.4, -0.2) is 38.3 Å². The molecule has 0 aromatic heterocycles. The van der Waals surface area contributed by atoms with Crippen molar-refractivity contribution in [2.24, 2.45) is 5.92 Å². The van der Waals surface area contributed by atoms with Crippen molar-refractivity contribution >= 4 is 15.9 Å². The Labute approximate surface area is 143 Å². The minimum Gasteiger partial charge on any atom is -0.352 e. The Morgan fingerprint density at radius 3 is 2.38 bits per heavy atom. The van der Waals surface area contributed by atoms with Crippen molar-refractivity contribution in [1.82, 2.24) is 9.62 Å². The molecule has 1 amide bonds. The number of benzene rings is 1. The third kappa shape index (κ3) is 4.56. The van der Waals surface area contributed by atoms with Crippen molar-refractivity contribution in [3.63, 3.8) is 0 Å². The van der Waals surface area contributed by atoms with Gasteiger partial charge in [0.05, 0.1) is 23.1 Å². The van der Waals surface area contributed by atoms with Gasteiger partial charge in [-0.2, -0.15) is 9.57 Å². The maximum atomic E-state index is 12.5. The molecule has 130 valence electrons. The van der Waals surface area contributed by atoms with Crippen LogP contribution in [0.1, 0.15) is 38.2 Å². The van der Waals surface area contributed by atoms with Crippen molar-refractivity contribution in [1.29, 1.82) is 5.26 Å². The lowest BCUT2D eigenvalue weighted by molar-refractivity contribution is -0.122. The van der Waals surface area contributed by atoms with E-state index in [1.54, 1.807) is 0 Å². The fraction of sp³-hybridized carbons (Fsp3) is 0.529. The number of nitrogens with one attached hydrogen (secondary N) is 1. The molecule has 1 N–H and O–H groups in total. The van der Waals surface area contributed by atoms with E-state index in [-0.39, 0.29) is 23.4 Å². The van der Waals surface area contributed by atoms with Gasteiger partial charge in [0.2, 0.25) is 15.9 Å². The van der Waals surface area contributed by atoms with Gasteiger partial charge in [0.25, 0.3) is 0 Å². The Morgan fingerprint density at radius 1 is 1.25 bits per heavy atom. The van der Waals surface area contributed by atoms with Gasteiger partial charge in [0, 0.05) is 13.1 Å². The van der Waals surface area contributed by atoms with Crippen LogP contribution >= 0.6 is 0 Å². The maximum absolute atomic E-state index is 12.5. The zero-order valence-electron chi connectivity index (χ0n) is 14.0. The van der Waals surface area contributed by atoms with Crippen molar-refractivity contribution < 1.29 is 13.2 Å². The van der Waals surface area contributed by atoms with E-state index in [9.17, 15) is 13.2 Å². The van der Waals surface area contributed by atoms with Gasteiger partial charge in [0.15, 0.2) is 0 Å². The number of carbonyl (C=O) groups is 1. The number of rotatable bonds is 5. The summed E-state index contributed by atoms with van der Waals surface area (Å²) in [6.45, 7) is 1.99. The van der Waals surface area contributed by atoms with E-state index in [0.717, 1.165) is 30.0 Å². The summed E-state index contributed by atoms with van der Waals surface area (Å²) in [6.07, 6.45) is 4.06. The summed E-state index contributed by atoms with van der Waals surface area (Å²) >= 11 is 0. The molecule has 0 atom stereocenters. The molecular formula is C17H23N3O3S. The van der Waals surface area contributed by atoms with Crippen LogP contribution in [0.25, 0.3) is 0 Å². The molecule has 7 heteroatoms. The van der Waals surface area contributed by atoms with E-state index in [0.29, 0.717) is 11.5 Å². The maximum Gasteiger partial charge on any atom is 0.243 e. The third-order valence-corrected chi connectivity index (χ3v) is 6.26. The van der Waals surface area contributed by atoms with Crippen LogP contribution in [0.3, 0.4) is 0 Å². The smallest absolute Gasteiger partial charge is 0.243 e. The molecule has 0 bridgehead atoms. The Kier molecular flexibility index (Phi) is 5.97. The predicted molar refractivity (Wildman–Crippen MR) is 90.5 cm³/mol. The van der Waals surface area contributed by atoms with E-state index in [2.05, 4.69) is 12.2 Å². The third-order valence-electron chi connectivity index (χ3n) is 4.44. The van der Waals surface area contributed by atoms with E-state index in [4.69, 9.17) is 5.26 Å². The number of hydrogen-bond donors (Lipinski definition) is 1. The summed E-state index contributed by atoms with van der Waals surface area (Å²) in [5.41, 5.74) is 0.390. The highest BCUT2D eigenvalue weighted by molar-refractivity contribution is 7.89. The fourth-order valence-electron chi connectivity index (χ4n) is 2.85. The topological polar surface area (TPSA) is 90.3 Å². The largest absolute Gasteiger partial charge is 0.352 e. The molecule has 1 aliphatic rings. The minimum atomic E-state index is -3.75. The van der Waals surface area contributed by atoms with Gasteiger partial charge in [-0.15, -0.1) is 0 Å². The van der Waals surface area contributed by atoms with Gasteiger partial charge in [-0.05, 0) is 55.9 Å². The number of carbonyl (C=O) groups excluding carboxylic acids is 1. The molecule has 1 saturated carbocycles. The van der Waals surface area contributed by atoms with Gasteiger partial charge in [-0.25, -0.2) is 8.42 Å². The molecule has 1 fully saturated rings. The lowest BCUT2D eigenvalue weighted by Crippen LogP contribution is -2.43. The van der Waals surface area contributed by atoms with Crippen LogP contribution in [0.4, 0.5) is 0 Å². The number of likely N-dealkylation sites (N-methyl/N-ethyl adjacent to an activating group) is 1. The van der Waals surface area contributed by atoms with E-state index >= 15 is 0 Å². The van der Waals surface area contributed by atoms with Crippen LogP contribution in [-0.2, 0) is 14.8 Å². The van der Waals surface area contributed by atoms with E-state index in [1.807, 2.05) is 6.07 Å². The first-order chi connectivity index (χ1) is 11.3. The number of sulfonamides is 1. The zero-order chi connectivity index (χ0) is 17.7. The van der Waals surface area contributed by atoms with Gasteiger partial charge >= 0.3 is 0 Å². The molecule has 2 rings (SSSR count). The van der Waals surface area contributed by atoms with Crippen molar-refractivity contribution in [2.75, 3.05) is 13.6 Å². The predicted octanol–water partition coefficient (Wildman–Crippen LogP) is 1.87. The Balaban J connectivity index is 1.95. The average molecular weight is 349 g/mol. The molecule has 0 unspecified atom stereocenters. The highest BCUT2D eigenvalue weighted by Gasteiger charge is 2.25. The molecule has 0 spiro atoms. The highest BCUT2D eigenvalue weighted by Crippen LogP contribution is 2.23. The molecule has 24 heavy (non-hydrogen) atoms. The van der Waals surface area contributed by atoms with Gasteiger partial charge < -0.3 is 5.32 Å². The summed E-state index contributed by atoms with van der Waals surface area (Å²) in [5.74, 6) is 0.409. The molecule has 0 saturated heterocycles. The summed E-state index contributed by atoms with van der Waals surface area (Å²) in [4.78, 5) is 12.2. The van der Waals surface area contributed by atoms with Crippen LogP contribution in [0.15, 0.2) is 29.2 Å². The van der Waals surface area contributed by atoms with Gasteiger partial charge in [0.1, 0.15) is 0 Å². The summed E-state index contributed by atoms with van der Waals surface area (Å²) in [6, 6.07) is 7.74. The second-order valence-electron chi connectivity index (χ2n) is 6.42. The van der Waals surface area contributed by atoms with Gasteiger partial charge in [-0.1, -0.05) is 6.92 Å². The lowest BCUT2D eigenvalue weighted by Gasteiger charge is -2.27. The molecule has 0 aliphatic heterocycles. The first kappa shape index (κ1) is 18.4. The average Bonchev–Trinajstić information content (AvgIpc) is 2.57. The second kappa shape index (κ2) is 7.77. The first-order valence-corrected chi connectivity index (χ1v) is 9.53. The Bertz CT molecular complexity index is 714. The molecule has 1 aromatic rings. The van der Waals surface area contributed by atoms with Crippen molar-refractivity contribution in [3.05, 3.63) is 29.8 Å². The number of nitriles is 1. The van der Waals surface area contributed by atoms with Crippen LogP contribution < -0.4 is 5.32 Å². The quantitative estimate of drug-likeness (QED) is 0.879. The first-order valence-electron chi connectivity index (χ1n) is 8.09. The Morgan fingerprint density at radius 2 is 1.83 bits per heavy atom. The molecule has 6 nitrogen and oxygen atoms in total. The number of hydrogen-bond acceptors (Lipinski definition) is 4. The molecule has 0 radical (unpaired) electrons. The lowest BCUT2D eigenvalue weighted by atomic mass is 9.87. The summed E-state index contributed by atoms with van der Waals surface area (Å²) < 4.78 is 26.0. The second-order valence-corrected chi connectivity index (χ2v) is 8.47. The molecule has 0 heterocycles. The molecule has 1 aliphatic carbocycles. The Hall–Kier alpha value is -1.91. The van der Waals surface area contributed by atoms with Crippen LogP contribution in [0.5, 0.6) is 0 Å². The highest BCUT2D eigenvalue weighted by atomic mass is 32.2. The van der Waals surface area contributed by atoms with E-state index < -0.39 is 10.0 Å². The van der Waals surface area contributed by atoms with Crippen LogP contribution in [0, 0.1) is 17.2 Å². The zero-order valence-corrected chi connectivity index (χ0v) is 14.8. The molecule has 1 aromatic carbocycles. The normalized spacial score (nSPS) is 21.2. The van der Waals surface area contributed by atoms with Crippen LogP contribution in [0.2, 0.25) is 0 Å². The fourth-order valence-corrected chi connectivity index (χ4v) is 3.97. The number of amides is 1.